The minimum atomic E-state index is 1.10. The Bertz CT molecular complexity index is 1330. The van der Waals surface area contributed by atoms with Crippen LogP contribution in [0.2, 0.25) is 0 Å². The van der Waals surface area contributed by atoms with Gasteiger partial charge in [-0.3, -0.25) is 19.9 Å². The SMILES string of the molecule is C(=C\c1cc(/C=C/c2ccncc2)c(/C=C/c2ccncc2)cc1/C=C/c1ccncc1)/c1ccncc1. The molecular weight excluding hydrogens is 464 g/mol. The summed E-state index contributed by atoms with van der Waals surface area (Å²) in [6, 6.07) is 20.5. The van der Waals surface area contributed by atoms with Crippen molar-refractivity contribution in [3.05, 3.63) is 155 Å². The van der Waals surface area contributed by atoms with Gasteiger partial charge < -0.3 is 0 Å². The van der Waals surface area contributed by atoms with Gasteiger partial charge in [0.05, 0.1) is 0 Å². The highest BCUT2D eigenvalue weighted by Crippen LogP contribution is 2.25. The first kappa shape index (κ1) is 24.5. The molecule has 4 nitrogen and oxygen atoms in total. The van der Waals surface area contributed by atoms with E-state index in [4.69, 9.17) is 0 Å². The van der Waals surface area contributed by atoms with Crippen LogP contribution in [0.1, 0.15) is 44.5 Å². The number of hydrogen-bond acceptors (Lipinski definition) is 4. The van der Waals surface area contributed by atoms with Gasteiger partial charge in [-0.15, -0.1) is 0 Å². The van der Waals surface area contributed by atoms with E-state index in [-0.39, 0.29) is 0 Å². The predicted octanol–water partition coefficient (Wildman–Crippen LogP) is 7.95. The molecule has 0 bridgehead atoms. The average Bonchev–Trinajstić information content (AvgIpc) is 2.99. The Balaban J connectivity index is 1.60. The molecular formula is C34H26N4. The number of pyridine rings is 4. The van der Waals surface area contributed by atoms with E-state index in [1.807, 2.05) is 48.5 Å². The van der Waals surface area contributed by atoms with Gasteiger partial charge in [-0.1, -0.05) is 48.6 Å². The van der Waals surface area contributed by atoms with Crippen LogP contribution in [-0.2, 0) is 0 Å². The van der Waals surface area contributed by atoms with Crippen LogP contribution in [-0.4, -0.2) is 19.9 Å². The van der Waals surface area contributed by atoms with Crippen LogP contribution in [0.25, 0.3) is 48.6 Å². The second-order valence-electron chi connectivity index (χ2n) is 8.57. The maximum absolute atomic E-state index is 4.13. The third-order valence-corrected chi connectivity index (χ3v) is 5.93. The van der Waals surface area contributed by atoms with Crippen molar-refractivity contribution in [3.8, 4) is 0 Å². The van der Waals surface area contributed by atoms with Crippen LogP contribution in [0, 0.1) is 0 Å². The third kappa shape index (κ3) is 6.93. The maximum Gasteiger partial charge on any atom is 0.0273 e. The topological polar surface area (TPSA) is 51.6 Å². The molecule has 0 aliphatic carbocycles. The quantitative estimate of drug-likeness (QED) is 0.221. The summed E-state index contributed by atoms with van der Waals surface area (Å²) in [5.41, 5.74) is 8.84. The van der Waals surface area contributed by atoms with Crippen molar-refractivity contribution in [1.29, 1.82) is 0 Å². The summed E-state index contributed by atoms with van der Waals surface area (Å²) in [7, 11) is 0. The first-order chi connectivity index (χ1) is 18.8. The molecule has 0 saturated carbocycles. The molecule has 0 saturated heterocycles. The number of rotatable bonds is 8. The van der Waals surface area contributed by atoms with Gasteiger partial charge in [0, 0.05) is 49.6 Å². The molecule has 4 heterocycles. The van der Waals surface area contributed by atoms with Gasteiger partial charge in [0.15, 0.2) is 0 Å². The fourth-order valence-electron chi connectivity index (χ4n) is 3.89. The van der Waals surface area contributed by atoms with Crippen molar-refractivity contribution >= 4 is 48.6 Å². The lowest BCUT2D eigenvalue weighted by molar-refractivity contribution is 1.32. The number of nitrogens with zero attached hydrogens (tertiary/aromatic N) is 4. The maximum atomic E-state index is 4.13. The minimum absolute atomic E-state index is 1.10. The van der Waals surface area contributed by atoms with Gasteiger partial charge in [0.2, 0.25) is 0 Å². The van der Waals surface area contributed by atoms with Crippen molar-refractivity contribution in [3.63, 3.8) is 0 Å². The summed E-state index contributed by atoms with van der Waals surface area (Å²) in [6.45, 7) is 0. The normalized spacial score (nSPS) is 11.8. The van der Waals surface area contributed by atoms with Gasteiger partial charge >= 0.3 is 0 Å². The van der Waals surface area contributed by atoms with E-state index in [1.54, 1.807) is 49.6 Å². The van der Waals surface area contributed by atoms with Crippen LogP contribution in [0.15, 0.2) is 110 Å². The van der Waals surface area contributed by atoms with Crippen LogP contribution in [0.5, 0.6) is 0 Å². The Morgan fingerprint density at radius 2 is 0.500 bits per heavy atom. The highest BCUT2D eigenvalue weighted by Gasteiger charge is 2.05. The first-order valence-corrected chi connectivity index (χ1v) is 12.3. The highest BCUT2D eigenvalue weighted by atomic mass is 14.6. The number of hydrogen-bond donors (Lipinski definition) is 0. The molecule has 0 unspecified atom stereocenters. The summed E-state index contributed by atoms with van der Waals surface area (Å²) in [4.78, 5) is 16.5. The largest absolute Gasteiger partial charge is 0.265 e. The molecule has 0 fully saturated rings. The Kier molecular flexibility index (Phi) is 8.15. The molecule has 0 N–H and O–H groups in total. The number of aromatic nitrogens is 4. The van der Waals surface area contributed by atoms with Gasteiger partial charge in [0.1, 0.15) is 0 Å². The Morgan fingerprint density at radius 3 is 0.711 bits per heavy atom. The molecule has 1 aromatic carbocycles. The van der Waals surface area contributed by atoms with E-state index in [2.05, 4.69) is 80.7 Å². The molecule has 4 heteroatoms. The molecule has 0 radical (unpaired) electrons. The molecule has 0 aliphatic heterocycles. The Labute approximate surface area is 223 Å². The molecule has 182 valence electrons. The average molecular weight is 491 g/mol. The summed E-state index contributed by atoms with van der Waals surface area (Å²) in [6.07, 6.45) is 31.5. The minimum Gasteiger partial charge on any atom is -0.265 e. The van der Waals surface area contributed by atoms with Crippen molar-refractivity contribution in [1.82, 2.24) is 19.9 Å². The van der Waals surface area contributed by atoms with Crippen molar-refractivity contribution in [2.75, 3.05) is 0 Å². The smallest absolute Gasteiger partial charge is 0.0273 e. The van der Waals surface area contributed by atoms with Gasteiger partial charge in [-0.2, -0.15) is 0 Å². The standard InChI is InChI=1S/C34H26N4/c1(27-9-17-35-18-10-27)5-31-25-33(7-3-29-13-21-37-22-14-29)34(8-4-30-15-23-38-24-16-30)26-32(31)6-2-28-11-19-36-20-12-28/h1-26H/b5-1+,6-2+,7-3+,8-4+. The molecule has 0 amide bonds. The highest BCUT2D eigenvalue weighted by molar-refractivity contribution is 5.86. The lowest BCUT2D eigenvalue weighted by Crippen LogP contribution is -1.89. The molecule has 4 aromatic heterocycles. The zero-order valence-corrected chi connectivity index (χ0v) is 20.8. The van der Waals surface area contributed by atoms with E-state index in [0.717, 1.165) is 44.5 Å². The van der Waals surface area contributed by atoms with Gasteiger partial charge in [-0.25, -0.2) is 0 Å². The lowest BCUT2D eigenvalue weighted by Gasteiger charge is -2.09. The molecule has 0 spiro atoms. The van der Waals surface area contributed by atoms with Crippen molar-refractivity contribution in [2.24, 2.45) is 0 Å². The summed E-state index contributed by atoms with van der Waals surface area (Å²) >= 11 is 0. The van der Waals surface area contributed by atoms with Crippen molar-refractivity contribution in [2.45, 2.75) is 0 Å². The van der Waals surface area contributed by atoms with Crippen LogP contribution < -0.4 is 0 Å². The van der Waals surface area contributed by atoms with E-state index in [0.29, 0.717) is 0 Å². The second-order valence-corrected chi connectivity index (χ2v) is 8.57. The van der Waals surface area contributed by atoms with E-state index < -0.39 is 0 Å². The number of benzene rings is 1. The fourth-order valence-corrected chi connectivity index (χ4v) is 3.89. The van der Waals surface area contributed by atoms with Crippen molar-refractivity contribution < 1.29 is 0 Å². The van der Waals surface area contributed by atoms with Crippen LogP contribution >= 0.6 is 0 Å². The summed E-state index contributed by atoms with van der Waals surface area (Å²) in [5.74, 6) is 0. The fraction of sp³-hybridized carbons (Fsp3) is 0. The molecule has 0 aliphatic rings. The van der Waals surface area contributed by atoms with E-state index >= 15 is 0 Å². The zero-order chi connectivity index (χ0) is 25.8. The third-order valence-electron chi connectivity index (χ3n) is 5.93. The first-order valence-electron chi connectivity index (χ1n) is 12.3. The zero-order valence-electron chi connectivity index (χ0n) is 20.8. The molecule has 0 atom stereocenters. The Morgan fingerprint density at radius 1 is 0.289 bits per heavy atom. The lowest BCUT2D eigenvalue weighted by atomic mass is 9.95. The van der Waals surface area contributed by atoms with E-state index in [9.17, 15) is 0 Å². The Hall–Kier alpha value is -5.22. The van der Waals surface area contributed by atoms with E-state index in [1.165, 1.54) is 0 Å². The second kappa shape index (κ2) is 12.7. The van der Waals surface area contributed by atoms with Crippen LogP contribution in [0.4, 0.5) is 0 Å². The predicted molar refractivity (Wildman–Crippen MR) is 159 cm³/mol. The van der Waals surface area contributed by atoms with Crippen LogP contribution in [0.3, 0.4) is 0 Å². The summed E-state index contributed by atoms with van der Waals surface area (Å²) in [5, 5.41) is 0. The summed E-state index contributed by atoms with van der Waals surface area (Å²) < 4.78 is 0. The van der Waals surface area contributed by atoms with Gasteiger partial charge in [0.25, 0.3) is 0 Å². The molecule has 38 heavy (non-hydrogen) atoms. The van der Waals surface area contributed by atoms with Gasteiger partial charge in [-0.05, 0) is 105 Å². The molecule has 5 aromatic rings. The molecule has 5 rings (SSSR count). The monoisotopic (exact) mass is 490 g/mol.